The first-order valence-electron chi connectivity index (χ1n) is 6.98. The first-order valence-corrected chi connectivity index (χ1v) is 6.98. The summed E-state index contributed by atoms with van der Waals surface area (Å²) >= 11 is 0. The van der Waals surface area contributed by atoms with E-state index in [0.29, 0.717) is 11.5 Å². The maximum Gasteiger partial charge on any atom is 0.171 e. The van der Waals surface area contributed by atoms with Gasteiger partial charge in [0.2, 0.25) is 0 Å². The predicted octanol–water partition coefficient (Wildman–Crippen LogP) is 2.51. The van der Waals surface area contributed by atoms with Crippen LogP contribution in [0.2, 0.25) is 0 Å². The summed E-state index contributed by atoms with van der Waals surface area (Å²) < 4.78 is 0. The van der Waals surface area contributed by atoms with E-state index < -0.39 is 0 Å². The fourth-order valence-electron chi connectivity index (χ4n) is 2.77. The fourth-order valence-corrected chi connectivity index (χ4v) is 2.77. The first-order chi connectivity index (χ1) is 10.2. The maximum absolute atomic E-state index is 8.70. The van der Waals surface area contributed by atoms with Crippen LogP contribution < -0.4 is 10.6 Å². The second kappa shape index (κ2) is 5.44. The molecular formula is C16H18N4O. The van der Waals surface area contributed by atoms with Crippen LogP contribution in [0.15, 0.2) is 47.8 Å². The molecule has 1 aromatic carbocycles. The molecule has 0 bridgehead atoms. The molecule has 1 aliphatic heterocycles. The number of pyridine rings is 1. The Balaban J connectivity index is 1.97. The SMILES string of the molecule is CC1Cc2ccccc2N(c2ccc(C(N)=NO)cn2)C1. The zero-order chi connectivity index (χ0) is 14.8. The standard InChI is InChI=1S/C16H18N4O/c1-11-8-12-4-2-3-5-14(12)20(10-11)15-7-6-13(9-18-15)16(17)19-21/h2-7,9,11,21H,8,10H2,1H3,(H2,17,19). The quantitative estimate of drug-likeness (QED) is 0.384. The number of benzene rings is 1. The van der Waals surface area contributed by atoms with Crippen LogP contribution in [0.4, 0.5) is 11.5 Å². The van der Waals surface area contributed by atoms with Gasteiger partial charge in [0, 0.05) is 24.0 Å². The molecule has 0 amide bonds. The van der Waals surface area contributed by atoms with Crippen molar-refractivity contribution >= 4 is 17.3 Å². The highest BCUT2D eigenvalue weighted by Crippen LogP contribution is 2.34. The van der Waals surface area contributed by atoms with Crippen molar-refractivity contribution in [3.63, 3.8) is 0 Å². The molecule has 5 nitrogen and oxygen atoms in total. The Hall–Kier alpha value is -2.56. The van der Waals surface area contributed by atoms with Crippen molar-refractivity contribution in [2.75, 3.05) is 11.4 Å². The van der Waals surface area contributed by atoms with E-state index in [2.05, 4.69) is 40.2 Å². The summed E-state index contributed by atoms with van der Waals surface area (Å²) in [7, 11) is 0. The number of amidine groups is 1. The van der Waals surface area contributed by atoms with Crippen molar-refractivity contribution in [2.24, 2.45) is 16.8 Å². The van der Waals surface area contributed by atoms with Crippen LogP contribution in [-0.2, 0) is 6.42 Å². The van der Waals surface area contributed by atoms with Crippen molar-refractivity contribution in [3.8, 4) is 0 Å². The summed E-state index contributed by atoms with van der Waals surface area (Å²) in [4.78, 5) is 6.68. The Kier molecular flexibility index (Phi) is 3.48. The lowest BCUT2D eigenvalue weighted by atomic mass is 9.94. The van der Waals surface area contributed by atoms with E-state index >= 15 is 0 Å². The van der Waals surface area contributed by atoms with Gasteiger partial charge in [0.25, 0.3) is 0 Å². The van der Waals surface area contributed by atoms with Crippen molar-refractivity contribution < 1.29 is 5.21 Å². The molecule has 3 N–H and O–H groups in total. The van der Waals surface area contributed by atoms with Gasteiger partial charge in [0.1, 0.15) is 5.82 Å². The highest BCUT2D eigenvalue weighted by molar-refractivity contribution is 5.96. The molecular weight excluding hydrogens is 264 g/mol. The third-order valence-electron chi connectivity index (χ3n) is 3.77. The van der Waals surface area contributed by atoms with Crippen LogP contribution >= 0.6 is 0 Å². The minimum atomic E-state index is 0.0708. The zero-order valence-corrected chi connectivity index (χ0v) is 11.9. The van der Waals surface area contributed by atoms with Crippen LogP contribution in [0.5, 0.6) is 0 Å². The summed E-state index contributed by atoms with van der Waals surface area (Å²) in [5, 5.41) is 11.7. The molecule has 0 radical (unpaired) electrons. The van der Waals surface area contributed by atoms with Gasteiger partial charge in [0.15, 0.2) is 5.84 Å². The molecule has 0 spiro atoms. The minimum absolute atomic E-state index is 0.0708. The number of hydrogen-bond acceptors (Lipinski definition) is 4. The van der Waals surface area contributed by atoms with Gasteiger partial charge in [-0.15, -0.1) is 0 Å². The Morgan fingerprint density at radius 3 is 2.86 bits per heavy atom. The van der Waals surface area contributed by atoms with Crippen molar-refractivity contribution in [1.82, 2.24) is 4.98 Å². The zero-order valence-electron chi connectivity index (χ0n) is 11.9. The number of hydrogen-bond donors (Lipinski definition) is 2. The molecule has 5 heteroatoms. The molecule has 0 saturated heterocycles. The summed E-state index contributed by atoms with van der Waals surface area (Å²) in [5.74, 6) is 1.52. The van der Waals surface area contributed by atoms with E-state index in [1.165, 1.54) is 11.3 Å². The van der Waals surface area contributed by atoms with Gasteiger partial charge in [-0.1, -0.05) is 30.3 Å². The van der Waals surface area contributed by atoms with Crippen LogP contribution in [0.25, 0.3) is 0 Å². The van der Waals surface area contributed by atoms with E-state index in [9.17, 15) is 0 Å². The third kappa shape index (κ3) is 2.54. The number of anilines is 2. The molecule has 1 unspecified atom stereocenters. The van der Waals surface area contributed by atoms with E-state index in [-0.39, 0.29) is 5.84 Å². The lowest BCUT2D eigenvalue weighted by Crippen LogP contribution is -2.31. The topological polar surface area (TPSA) is 74.7 Å². The molecule has 1 aromatic heterocycles. The summed E-state index contributed by atoms with van der Waals surface area (Å²) in [6.45, 7) is 3.18. The van der Waals surface area contributed by atoms with Gasteiger partial charge in [-0.25, -0.2) is 4.98 Å². The molecule has 2 aromatic rings. The highest BCUT2D eigenvalue weighted by Gasteiger charge is 2.23. The average molecular weight is 282 g/mol. The van der Waals surface area contributed by atoms with E-state index in [1.54, 1.807) is 6.20 Å². The second-order valence-electron chi connectivity index (χ2n) is 5.44. The van der Waals surface area contributed by atoms with Crippen LogP contribution in [0, 0.1) is 5.92 Å². The summed E-state index contributed by atoms with van der Waals surface area (Å²) in [6.07, 6.45) is 2.72. The number of rotatable bonds is 2. The Morgan fingerprint density at radius 1 is 1.33 bits per heavy atom. The number of nitrogens with two attached hydrogens (primary N) is 1. The number of aromatic nitrogens is 1. The van der Waals surface area contributed by atoms with E-state index in [0.717, 1.165) is 18.8 Å². The average Bonchev–Trinajstić information content (AvgIpc) is 2.53. The van der Waals surface area contributed by atoms with Gasteiger partial charge < -0.3 is 15.8 Å². The Morgan fingerprint density at radius 2 is 2.14 bits per heavy atom. The summed E-state index contributed by atoms with van der Waals surface area (Å²) in [6, 6.07) is 12.1. The van der Waals surface area contributed by atoms with Gasteiger partial charge in [-0.05, 0) is 36.1 Å². The molecule has 0 aliphatic carbocycles. The summed E-state index contributed by atoms with van der Waals surface area (Å²) in [5.41, 5.74) is 8.73. The minimum Gasteiger partial charge on any atom is -0.409 e. The molecule has 21 heavy (non-hydrogen) atoms. The van der Waals surface area contributed by atoms with Crippen molar-refractivity contribution in [2.45, 2.75) is 13.3 Å². The van der Waals surface area contributed by atoms with E-state index in [4.69, 9.17) is 10.9 Å². The largest absolute Gasteiger partial charge is 0.409 e. The number of para-hydroxylation sites is 1. The third-order valence-corrected chi connectivity index (χ3v) is 3.77. The lowest BCUT2D eigenvalue weighted by molar-refractivity contribution is 0.318. The Bertz CT molecular complexity index is 666. The van der Waals surface area contributed by atoms with Crippen LogP contribution in [-0.4, -0.2) is 22.6 Å². The molecule has 0 fully saturated rings. The molecule has 0 saturated carbocycles. The molecule has 3 rings (SSSR count). The van der Waals surface area contributed by atoms with Crippen molar-refractivity contribution in [1.29, 1.82) is 0 Å². The van der Waals surface area contributed by atoms with E-state index in [1.807, 2.05) is 18.2 Å². The van der Waals surface area contributed by atoms with Crippen molar-refractivity contribution in [3.05, 3.63) is 53.7 Å². The van der Waals surface area contributed by atoms with Crippen LogP contribution in [0.3, 0.4) is 0 Å². The normalized spacial score (nSPS) is 18.4. The van der Waals surface area contributed by atoms with Gasteiger partial charge >= 0.3 is 0 Å². The highest BCUT2D eigenvalue weighted by atomic mass is 16.4. The van der Waals surface area contributed by atoms with Gasteiger partial charge in [-0.3, -0.25) is 0 Å². The lowest BCUT2D eigenvalue weighted by Gasteiger charge is -2.34. The maximum atomic E-state index is 8.70. The number of oxime groups is 1. The molecule has 108 valence electrons. The number of fused-ring (bicyclic) bond motifs is 1. The predicted molar refractivity (Wildman–Crippen MR) is 83.1 cm³/mol. The monoisotopic (exact) mass is 282 g/mol. The number of nitrogens with zero attached hydrogens (tertiary/aromatic N) is 3. The fraction of sp³-hybridized carbons (Fsp3) is 0.250. The molecule has 2 heterocycles. The van der Waals surface area contributed by atoms with Crippen LogP contribution in [0.1, 0.15) is 18.1 Å². The Labute approximate surface area is 123 Å². The second-order valence-corrected chi connectivity index (χ2v) is 5.44. The van der Waals surface area contributed by atoms with Gasteiger partial charge in [-0.2, -0.15) is 0 Å². The molecule has 1 aliphatic rings. The smallest absolute Gasteiger partial charge is 0.171 e. The first kappa shape index (κ1) is 13.4. The van der Waals surface area contributed by atoms with Gasteiger partial charge in [0.05, 0.1) is 0 Å². The molecule has 1 atom stereocenters.